The van der Waals surface area contributed by atoms with E-state index in [1.165, 1.54) is 14.2 Å². The summed E-state index contributed by atoms with van der Waals surface area (Å²) in [6, 6.07) is 5.92. The van der Waals surface area contributed by atoms with Crippen molar-refractivity contribution in [2.45, 2.75) is 6.92 Å². The molecule has 0 saturated carbocycles. The van der Waals surface area contributed by atoms with Crippen molar-refractivity contribution in [3.8, 4) is 12.0 Å². The largest absolute Gasteiger partial charge is 0.467 e. The molecule has 0 unspecified atom stereocenters. The third-order valence-electron chi connectivity index (χ3n) is 2.39. The van der Waals surface area contributed by atoms with Gasteiger partial charge >= 0.3 is 12.0 Å². The number of benzene rings is 1. The molecule has 0 aliphatic heterocycles. The Kier molecular flexibility index (Phi) is 4.01. The summed E-state index contributed by atoms with van der Waals surface area (Å²) in [5.41, 5.74) is 1.77. The Bertz CT molecular complexity index is 570. The molecule has 6 nitrogen and oxygen atoms in total. The minimum atomic E-state index is 0.174. The average Bonchev–Trinajstić information content (AvgIpc) is 2.42. The fraction of sp³-hybridized carbons (Fsp3) is 0.250. The van der Waals surface area contributed by atoms with Gasteiger partial charge in [-0.15, -0.1) is 4.98 Å². The van der Waals surface area contributed by atoms with Crippen LogP contribution in [0.5, 0.6) is 12.0 Å². The summed E-state index contributed by atoms with van der Waals surface area (Å²) >= 11 is 6.05. The molecule has 2 rings (SSSR count). The molecule has 1 N–H and O–H groups in total. The summed E-state index contributed by atoms with van der Waals surface area (Å²) in [4.78, 5) is 12.0. The number of nitrogens with one attached hydrogen (secondary N) is 1. The maximum absolute atomic E-state index is 6.05. The van der Waals surface area contributed by atoms with Crippen LogP contribution in [0, 0.1) is 6.92 Å². The Hall–Kier alpha value is -2.08. The van der Waals surface area contributed by atoms with E-state index in [4.69, 9.17) is 21.1 Å². The maximum atomic E-state index is 6.05. The van der Waals surface area contributed by atoms with Gasteiger partial charge < -0.3 is 14.8 Å². The first-order valence-corrected chi connectivity index (χ1v) is 5.87. The van der Waals surface area contributed by atoms with E-state index >= 15 is 0 Å². The number of nitrogens with zero attached hydrogens (tertiary/aromatic N) is 3. The second-order valence-corrected chi connectivity index (χ2v) is 4.13. The quantitative estimate of drug-likeness (QED) is 0.928. The number of hydrogen-bond donors (Lipinski definition) is 1. The van der Waals surface area contributed by atoms with Crippen LogP contribution in [0.15, 0.2) is 18.2 Å². The molecule has 0 saturated heterocycles. The van der Waals surface area contributed by atoms with Crippen LogP contribution in [0.3, 0.4) is 0 Å². The van der Waals surface area contributed by atoms with Crippen LogP contribution in [0.25, 0.3) is 0 Å². The third kappa shape index (κ3) is 3.23. The van der Waals surface area contributed by atoms with Crippen LogP contribution in [0.4, 0.5) is 11.6 Å². The number of aryl methyl sites for hydroxylation is 1. The summed E-state index contributed by atoms with van der Waals surface area (Å²) in [5.74, 6) is 0.323. The summed E-state index contributed by atoms with van der Waals surface area (Å²) in [6.45, 7) is 1.93. The van der Waals surface area contributed by atoms with E-state index in [0.29, 0.717) is 11.0 Å². The number of ether oxygens (including phenoxy) is 2. The van der Waals surface area contributed by atoms with Crippen LogP contribution < -0.4 is 14.8 Å². The summed E-state index contributed by atoms with van der Waals surface area (Å²) in [5, 5.41) is 3.68. The molecule has 0 aliphatic carbocycles. The first-order valence-electron chi connectivity index (χ1n) is 5.49. The smallest absolute Gasteiger partial charge is 0.324 e. The van der Waals surface area contributed by atoms with Gasteiger partial charge in [-0.2, -0.15) is 9.97 Å². The Balaban J connectivity index is 2.29. The van der Waals surface area contributed by atoms with Gasteiger partial charge in [0.15, 0.2) is 0 Å². The topological polar surface area (TPSA) is 69.2 Å². The standard InChI is InChI=1S/C12H13ClN4O2/c1-7-4-5-8(6-9(7)13)14-10-15-11(18-2)17-12(16-10)19-3/h4-6H,1-3H3,(H,14,15,16,17). The first kappa shape index (κ1) is 13.4. The fourth-order valence-electron chi connectivity index (χ4n) is 1.38. The summed E-state index contributed by atoms with van der Waals surface area (Å²) in [7, 11) is 2.95. The second-order valence-electron chi connectivity index (χ2n) is 3.72. The molecular formula is C12H13ClN4O2. The lowest BCUT2D eigenvalue weighted by Crippen LogP contribution is -2.03. The van der Waals surface area contributed by atoms with Gasteiger partial charge in [-0.1, -0.05) is 17.7 Å². The number of anilines is 2. The number of aromatic nitrogens is 3. The molecule has 0 bridgehead atoms. The second kappa shape index (κ2) is 5.71. The number of rotatable bonds is 4. The lowest BCUT2D eigenvalue weighted by molar-refractivity contribution is 0.341. The molecule has 0 fully saturated rings. The molecule has 1 aromatic heterocycles. The van der Waals surface area contributed by atoms with Crippen molar-refractivity contribution in [1.82, 2.24) is 15.0 Å². The average molecular weight is 281 g/mol. The highest BCUT2D eigenvalue weighted by molar-refractivity contribution is 6.31. The minimum absolute atomic E-state index is 0.174. The SMILES string of the molecule is COc1nc(Nc2ccc(C)c(Cl)c2)nc(OC)n1. The van der Waals surface area contributed by atoms with E-state index < -0.39 is 0 Å². The Morgan fingerprint density at radius 3 is 2.21 bits per heavy atom. The lowest BCUT2D eigenvalue weighted by Gasteiger charge is -2.08. The van der Waals surface area contributed by atoms with Gasteiger partial charge in [0.05, 0.1) is 14.2 Å². The highest BCUT2D eigenvalue weighted by Crippen LogP contribution is 2.23. The van der Waals surface area contributed by atoms with Gasteiger partial charge in [-0.05, 0) is 24.6 Å². The molecule has 1 aromatic carbocycles. The third-order valence-corrected chi connectivity index (χ3v) is 2.79. The molecule has 0 atom stereocenters. The number of halogens is 1. The summed E-state index contributed by atoms with van der Waals surface area (Å²) in [6.07, 6.45) is 0. The molecule has 0 radical (unpaired) electrons. The van der Waals surface area contributed by atoms with Gasteiger partial charge in [0, 0.05) is 10.7 Å². The molecule has 7 heteroatoms. The van der Waals surface area contributed by atoms with Crippen LogP contribution >= 0.6 is 11.6 Å². The van der Waals surface area contributed by atoms with Crippen molar-refractivity contribution in [3.63, 3.8) is 0 Å². The van der Waals surface area contributed by atoms with Crippen molar-refractivity contribution in [2.75, 3.05) is 19.5 Å². The highest BCUT2D eigenvalue weighted by Gasteiger charge is 2.07. The van der Waals surface area contributed by atoms with E-state index in [1.54, 1.807) is 6.07 Å². The van der Waals surface area contributed by atoms with Gasteiger partial charge in [0.25, 0.3) is 0 Å². The van der Waals surface area contributed by atoms with Crippen molar-refractivity contribution < 1.29 is 9.47 Å². The number of methoxy groups -OCH3 is 2. The highest BCUT2D eigenvalue weighted by atomic mass is 35.5. The first-order chi connectivity index (χ1) is 9.12. The molecule has 19 heavy (non-hydrogen) atoms. The zero-order chi connectivity index (χ0) is 13.8. The minimum Gasteiger partial charge on any atom is -0.467 e. The Labute approximate surface area is 115 Å². The summed E-state index contributed by atoms with van der Waals surface area (Å²) < 4.78 is 9.94. The van der Waals surface area contributed by atoms with Crippen LogP contribution in [-0.4, -0.2) is 29.2 Å². The molecule has 100 valence electrons. The zero-order valence-electron chi connectivity index (χ0n) is 10.8. The van der Waals surface area contributed by atoms with Gasteiger partial charge in [0.1, 0.15) is 0 Å². The van der Waals surface area contributed by atoms with Crippen molar-refractivity contribution in [3.05, 3.63) is 28.8 Å². The predicted octanol–water partition coefficient (Wildman–Crippen LogP) is 2.59. The molecule has 0 amide bonds. The van der Waals surface area contributed by atoms with Crippen LogP contribution in [0.2, 0.25) is 5.02 Å². The molecular weight excluding hydrogens is 268 g/mol. The van der Waals surface area contributed by atoms with Crippen LogP contribution in [-0.2, 0) is 0 Å². The van der Waals surface area contributed by atoms with E-state index in [9.17, 15) is 0 Å². The Morgan fingerprint density at radius 1 is 1.05 bits per heavy atom. The maximum Gasteiger partial charge on any atom is 0.324 e. The zero-order valence-corrected chi connectivity index (χ0v) is 11.5. The van der Waals surface area contributed by atoms with Gasteiger partial charge in [0.2, 0.25) is 5.95 Å². The normalized spacial score (nSPS) is 10.1. The number of hydrogen-bond acceptors (Lipinski definition) is 6. The van der Waals surface area contributed by atoms with E-state index in [0.717, 1.165) is 11.3 Å². The van der Waals surface area contributed by atoms with E-state index in [2.05, 4.69) is 20.3 Å². The predicted molar refractivity (Wildman–Crippen MR) is 72.4 cm³/mol. The fourth-order valence-corrected chi connectivity index (χ4v) is 1.56. The Morgan fingerprint density at radius 2 is 1.68 bits per heavy atom. The van der Waals surface area contributed by atoms with E-state index in [-0.39, 0.29) is 12.0 Å². The van der Waals surface area contributed by atoms with E-state index in [1.807, 2.05) is 19.1 Å². The lowest BCUT2D eigenvalue weighted by atomic mass is 10.2. The van der Waals surface area contributed by atoms with Crippen molar-refractivity contribution in [2.24, 2.45) is 0 Å². The van der Waals surface area contributed by atoms with Crippen molar-refractivity contribution in [1.29, 1.82) is 0 Å². The van der Waals surface area contributed by atoms with Gasteiger partial charge in [-0.25, -0.2) is 0 Å². The van der Waals surface area contributed by atoms with Crippen molar-refractivity contribution >= 4 is 23.2 Å². The molecule has 0 spiro atoms. The molecule has 2 aromatic rings. The molecule has 0 aliphatic rings. The van der Waals surface area contributed by atoms with Crippen LogP contribution in [0.1, 0.15) is 5.56 Å². The molecule has 1 heterocycles. The monoisotopic (exact) mass is 280 g/mol. The van der Waals surface area contributed by atoms with Gasteiger partial charge in [-0.3, -0.25) is 0 Å².